The van der Waals surface area contributed by atoms with E-state index in [-0.39, 0.29) is 17.7 Å². The van der Waals surface area contributed by atoms with Crippen molar-refractivity contribution in [3.8, 4) is 0 Å². The number of aryl methyl sites for hydroxylation is 1. The first kappa shape index (κ1) is 21.2. The molecule has 3 heterocycles. The minimum Gasteiger partial charge on any atom is -0.390 e. The van der Waals surface area contributed by atoms with Crippen molar-refractivity contribution in [3.63, 3.8) is 0 Å². The number of carbonyl (C=O) groups excluding carboxylic acids is 1. The van der Waals surface area contributed by atoms with Crippen molar-refractivity contribution >= 4 is 17.5 Å². The van der Waals surface area contributed by atoms with Crippen LogP contribution in [0.3, 0.4) is 0 Å². The van der Waals surface area contributed by atoms with E-state index in [4.69, 9.17) is 0 Å². The zero-order chi connectivity index (χ0) is 22.2. The summed E-state index contributed by atoms with van der Waals surface area (Å²) in [5.74, 6) is 1.12. The van der Waals surface area contributed by atoms with Crippen LogP contribution in [0, 0.1) is 18.8 Å². The Balaban J connectivity index is 1.23. The van der Waals surface area contributed by atoms with E-state index < -0.39 is 12.2 Å². The van der Waals surface area contributed by atoms with E-state index in [9.17, 15) is 15.0 Å². The number of aliphatic hydroxyl groups is 2. The Labute approximate surface area is 188 Å². The Kier molecular flexibility index (Phi) is 5.73. The van der Waals surface area contributed by atoms with Crippen LogP contribution in [0.15, 0.2) is 36.5 Å². The first-order valence-electron chi connectivity index (χ1n) is 11.5. The quantitative estimate of drug-likeness (QED) is 0.748. The molecule has 1 aromatic carbocycles. The number of aliphatic hydroxyl groups excluding tert-OH is 2. The third-order valence-electron chi connectivity index (χ3n) is 7.28. The van der Waals surface area contributed by atoms with Gasteiger partial charge in [0.15, 0.2) is 0 Å². The summed E-state index contributed by atoms with van der Waals surface area (Å²) in [6, 6.07) is 10.4. The van der Waals surface area contributed by atoms with Gasteiger partial charge in [0.25, 0.3) is 5.91 Å². The summed E-state index contributed by atoms with van der Waals surface area (Å²) in [5, 5.41) is 19.9. The Morgan fingerprint density at radius 2 is 1.53 bits per heavy atom. The molecule has 0 bridgehead atoms. The molecule has 3 fully saturated rings. The number of amides is 1. The molecule has 0 spiro atoms. The zero-order valence-electron chi connectivity index (χ0n) is 18.5. The van der Waals surface area contributed by atoms with Crippen molar-refractivity contribution in [2.75, 3.05) is 49.1 Å². The van der Waals surface area contributed by atoms with Crippen LogP contribution in [0.2, 0.25) is 0 Å². The number of aromatic nitrogens is 2. The van der Waals surface area contributed by atoms with Crippen molar-refractivity contribution in [2.24, 2.45) is 11.8 Å². The van der Waals surface area contributed by atoms with Gasteiger partial charge in [-0.1, -0.05) is 18.2 Å². The van der Waals surface area contributed by atoms with Crippen molar-refractivity contribution in [1.29, 1.82) is 0 Å². The van der Waals surface area contributed by atoms with Crippen LogP contribution in [-0.4, -0.2) is 82.5 Å². The average molecular weight is 438 g/mol. The van der Waals surface area contributed by atoms with Gasteiger partial charge in [0.05, 0.1) is 23.5 Å². The van der Waals surface area contributed by atoms with Gasteiger partial charge in [-0.15, -0.1) is 0 Å². The molecule has 1 amide bonds. The normalized spacial score (nSPS) is 28.0. The molecule has 4 atom stereocenters. The van der Waals surface area contributed by atoms with Crippen molar-refractivity contribution in [1.82, 2.24) is 14.9 Å². The number of benzene rings is 1. The molecule has 8 heteroatoms. The van der Waals surface area contributed by atoms with Gasteiger partial charge < -0.3 is 24.9 Å². The predicted octanol–water partition coefficient (Wildman–Crippen LogP) is 1.32. The van der Waals surface area contributed by atoms with Gasteiger partial charge in [-0.05, 0) is 43.7 Å². The minimum atomic E-state index is -0.682. The van der Waals surface area contributed by atoms with Gasteiger partial charge >= 0.3 is 0 Å². The number of likely N-dealkylation sites (tertiary alicyclic amines) is 1. The second-order valence-corrected chi connectivity index (χ2v) is 9.32. The lowest BCUT2D eigenvalue weighted by atomic mass is 9.79. The van der Waals surface area contributed by atoms with Gasteiger partial charge in [0.2, 0.25) is 5.95 Å². The molecule has 1 aliphatic carbocycles. The molecular formula is C24H31N5O3. The molecule has 3 aliphatic rings. The van der Waals surface area contributed by atoms with Crippen LogP contribution in [0.4, 0.5) is 11.6 Å². The SMILES string of the molecule is Cc1nc(N2CCN(c3ccccc3)CC2)ncc1C(=O)N1CC2CC(O)C(O)CC2C1. The highest BCUT2D eigenvalue weighted by Crippen LogP contribution is 2.37. The Morgan fingerprint density at radius 3 is 2.12 bits per heavy atom. The summed E-state index contributed by atoms with van der Waals surface area (Å²) < 4.78 is 0. The first-order chi connectivity index (χ1) is 15.5. The number of para-hydroxylation sites is 1. The molecule has 170 valence electrons. The Morgan fingerprint density at radius 1 is 0.938 bits per heavy atom. The highest BCUT2D eigenvalue weighted by molar-refractivity contribution is 5.95. The van der Waals surface area contributed by atoms with E-state index in [0.29, 0.717) is 43.1 Å². The molecule has 1 saturated carbocycles. The fraction of sp³-hybridized carbons (Fsp3) is 0.542. The van der Waals surface area contributed by atoms with E-state index in [1.165, 1.54) is 5.69 Å². The molecule has 2 aliphatic heterocycles. The number of hydrogen-bond acceptors (Lipinski definition) is 7. The van der Waals surface area contributed by atoms with Crippen molar-refractivity contribution < 1.29 is 15.0 Å². The number of rotatable bonds is 3. The van der Waals surface area contributed by atoms with Gasteiger partial charge in [-0.25, -0.2) is 9.97 Å². The van der Waals surface area contributed by atoms with Crippen LogP contribution < -0.4 is 9.80 Å². The highest BCUT2D eigenvalue weighted by Gasteiger charge is 2.42. The maximum absolute atomic E-state index is 13.2. The van der Waals surface area contributed by atoms with Gasteiger partial charge in [0, 0.05) is 51.2 Å². The minimum absolute atomic E-state index is 0.0543. The maximum Gasteiger partial charge on any atom is 0.257 e. The molecule has 2 saturated heterocycles. The predicted molar refractivity (Wildman–Crippen MR) is 122 cm³/mol. The van der Waals surface area contributed by atoms with Gasteiger partial charge in [-0.2, -0.15) is 0 Å². The Hall–Kier alpha value is -2.71. The third-order valence-corrected chi connectivity index (χ3v) is 7.28. The maximum atomic E-state index is 13.2. The third kappa shape index (κ3) is 4.04. The number of carbonyl (C=O) groups is 1. The van der Waals surface area contributed by atoms with Crippen LogP contribution in [0.25, 0.3) is 0 Å². The van der Waals surface area contributed by atoms with E-state index in [2.05, 4.69) is 44.0 Å². The standard InChI is InChI=1S/C24H31N5O3/c1-16-20(23(32)29-14-17-11-21(30)22(31)12-18(17)15-29)13-25-24(26-16)28-9-7-27(8-10-28)19-5-3-2-4-6-19/h2-6,13,17-18,21-22,30-31H,7-12,14-15H2,1H3. The molecule has 0 radical (unpaired) electrons. The van der Waals surface area contributed by atoms with E-state index in [1.54, 1.807) is 6.20 Å². The largest absolute Gasteiger partial charge is 0.390 e. The molecule has 2 aromatic rings. The van der Waals surface area contributed by atoms with Crippen LogP contribution in [0.5, 0.6) is 0 Å². The molecule has 5 rings (SSSR count). The van der Waals surface area contributed by atoms with E-state index >= 15 is 0 Å². The van der Waals surface area contributed by atoms with E-state index in [0.717, 1.165) is 26.2 Å². The Bertz CT molecular complexity index is 945. The summed E-state index contributed by atoms with van der Waals surface area (Å²) >= 11 is 0. The summed E-state index contributed by atoms with van der Waals surface area (Å²) in [6.07, 6.45) is 1.41. The smallest absolute Gasteiger partial charge is 0.257 e. The molecule has 8 nitrogen and oxygen atoms in total. The molecule has 2 N–H and O–H groups in total. The van der Waals surface area contributed by atoms with E-state index in [1.807, 2.05) is 17.9 Å². The van der Waals surface area contributed by atoms with Crippen LogP contribution in [0.1, 0.15) is 28.9 Å². The second-order valence-electron chi connectivity index (χ2n) is 9.32. The van der Waals surface area contributed by atoms with Crippen LogP contribution in [-0.2, 0) is 0 Å². The highest BCUT2D eigenvalue weighted by atomic mass is 16.3. The van der Waals surface area contributed by atoms with Crippen molar-refractivity contribution in [2.45, 2.75) is 32.0 Å². The van der Waals surface area contributed by atoms with Crippen LogP contribution >= 0.6 is 0 Å². The summed E-state index contributed by atoms with van der Waals surface area (Å²) in [4.78, 5) is 28.7. The summed E-state index contributed by atoms with van der Waals surface area (Å²) in [6.45, 7) is 6.59. The molecule has 32 heavy (non-hydrogen) atoms. The monoisotopic (exact) mass is 437 g/mol. The number of anilines is 2. The number of piperazine rings is 1. The zero-order valence-corrected chi connectivity index (χ0v) is 18.5. The molecular weight excluding hydrogens is 406 g/mol. The van der Waals surface area contributed by atoms with Gasteiger partial charge in [0.1, 0.15) is 0 Å². The molecule has 4 unspecified atom stereocenters. The number of nitrogens with zero attached hydrogens (tertiary/aromatic N) is 5. The second kappa shape index (κ2) is 8.67. The lowest BCUT2D eigenvalue weighted by Crippen LogP contribution is -2.47. The lowest BCUT2D eigenvalue weighted by molar-refractivity contribution is -0.0372. The lowest BCUT2D eigenvalue weighted by Gasteiger charge is -2.36. The number of fused-ring (bicyclic) bond motifs is 1. The fourth-order valence-electron chi connectivity index (χ4n) is 5.36. The van der Waals surface area contributed by atoms with Gasteiger partial charge in [-0.3, -0.25) is 4.79 Å². The first-order valence-corrected chi connectivity index (χ1v) is 11.5. The molecule has 1 aromatic heterocycles. The fourth-order valence-corrected chi connectivity index (χ4v) is 5.36. The average Bonchev–Trinajstić information content (AvgIpc) is 3.22. The van der Waals surface area contributed by atoms with Crippen molar-refractivity contribution in [3.05, 3.63) is 47.8 Å². The number of hydrogen-bond donors (Lipinski definition) is 2. The summed E-state index contributed by atoms with van der Waals surface area (Å²) in [7, 11) is 0. The topological polar surface area (TPSA) is 93.0 Å². The summed E-state index contributed by atoms with van der Waals surface area (Å²) in [5.41, 5.74) is 2.47.